The number of hydrogen-bond acceptors (Lipinski definition) is 3. The predicted octanol–water partition coefficient (Wildman–Crippen LogP) is 2.64. The van der Waals surface area contributed by atoms with Gasteiger partial charge in [-0.15, -0.1) is 0 Å². The lowest BCUT2D eigenvalue weighted by Gasteiger charge is -2.21. The second-order valence-corrected chi connectivity index (χ2v) is 7.96. The summed E-state index contributed by atoms with van der Waals surface area (Å²) in [6, 6.07) is 9.56. The quantitative estimate of drug-likeness (QED) is 0.746. The van der Waals surface area contributed by atoms with E-state index in [4.69, 9.17) is 0 Å². The minimum Gasteiger partial charge on any atom is -0.341 e. The van der Waals surface area contributed by atoms with Gasteiger partial charge in [0.1, 0.15) is 11.6 Å². The highest BCUT2D eigenvalue weighted by atomic mass is 32.2. The molecule has 8 heteroatoms. The van der Waals surface area contributed by atoms with Gasteiger partial charge in [0.05, 0.1) is 4.90 Å². The first-order chi connectivity index (χ1) is 12.7. The molecule has 5 nitrogen and oxygen atoms in total. The largest absolute Gasteiger partial charge is 0.341 e. The lowest BCUT2D eigenvalue weighted by atomic mass is 10.1. The Morgan fingerprint density at radius 1 is 1.07 bits per heavy atom. The Labute approximate surface area is 158 Å². The minimum absolute atomic E-state index is 0.0258. The fourth-order valence-electron chi connectivity index (χ4n) is 2.52. The molecule has 0 bridgehead atoms. The summed E-state index contributed by atoms with van der Waals surface area (Å²) in [7, 11) is -3.79. The van der Waals surface area contributed by atoms with Crippen LogP contribution in [0, 0.1) is 18.6 Å². The molecule has 146 valence electrons. The maximum absolute atomic E-state index is 13.3. The van der Waals surface area contributed by atoms with Gasteiger partial charge in [0.15, 0.2) is 0 Å². The van der Waals surface area contributed by atoms with Crippen LogP contribution in [0.3, 0.4) is 0 Å². The van der Waals surface area contributed by atoms with Crippen LogP contribution in [0.5, 0.6) is 0 Å². The number of carbonyl (C=O) groups excluding carboxylic acids is 1. The van der Waals surface area contributed by atoms with Crippen LogP contribution in [-0.4, -0.2) is 38.9 Å². The van der Waals surface area contributed by atoms with E-state index < -0.39 is 15.8 Å². The van der Waals surface area contributed by atoms with E-state index in [1.54, 1.807) is 12.1 Å². The molecule has 0 aliphatic carbocycles. The molecule has 0 aromatic heterocycles. The number of sulfonamides is 1. The van der Waals surface area contributed by atoms with Gasteiger partial charge in [0.25, 0.3) is 0 Å². The Hall–Kier alpha value is -2.32. The molecule has 0 fully saturated rings. The van der Waals surface area contributed by atoms with Crippen molar-refractivity contribution in [2.45, 2.75) is 25.2 Å². The summed E-state index contributed by atoms with van der Waals surface area (Å²) in [4.78, 5) is 13.3. The first kappa shape index (κ1) is 21.0. The molecule has 27 heavy (non-hydrogen) atoms. The van der Waals surface area contributed by atoms with Gasteiger partial charge in [-0.25, -0.2) is 21.9 Å². The molecule has 0 atom stereocenters. The Kier molecular flexibility index (Phi) is 7.04. The zero-order valence-electron chi connectivity index (χ0n) is 15.2. The van der Waals surface area contributed by atoms with Crippen LogP contribution in [0.15, 0.2) is 47.4 Å². The molecule has 0 heterocycles. The van der Waals surface area contributed by atoms with E-state index in [9.17, 15) is 22.0 Å². The monoisotopic (exact) mass is 396 g/mol. The summed E-state index contributed by atoms with van der Waals surface area (Å²) in [5.41, 5.74) is 1.12. The Morgan fingerprint density at radius 3 is 2.33 bits per heavy atom. The zero-order chi connectivity index (χ0) is 20.0. The van der Waals surface area contributed by atoms with Gasteiger partial charge in [-0.3, -0.25) is 4.79 Å². The number of rotatable bonds is 8. The van der Waals surface area contributed by atoms with E-state index in [2.05, 4.69) is 4.72 Å². The summed E-state index contributed by atoms with van der Waals surface area (Å²) in [5.74, 6) is -0.987. The van der Waals surface area contributed by atoms with Crippen LogP contribution in [0.4, 0.5) is 8.78 Å². The first-order valence-corrected chi connectivity index (χ1v) is 9.93. The van der Waals surface area contributed by atoms with E-state index in [0.29, 0.717) is 13.0 Å². The van der Waals surface area contributed by atoms with Gasteiger partial charge in [0, 0.05) is 26.6 Å². The molecular weight excluding hydrogens is 374 g/mol. The molecule has 0 aliphatic rings. The minimum atomic E-state index is -3.79. The predicted molar refractivity (Wildman–Crippen MR) is 98.7 cm³/mol. The van der Waals surface area contributed by atoms with E-state index >= 15 is 0 Å². The Morgan fingerprint density at radius 2 is 1.74 bits per heavy atom. The van der Waals surface area contributed by atoms with Crippen LogP contribution < -0.4 is 4.72 Å². The number of hydrogen-bond donors (Lipinski definition) is 1. The van der Waals surface area contributed by atoms with Crippen molar-refractivity contribution >= 4 is 15.9 Å². The smallest absolute Gasteiger partial charge is 0.240 e. The SMILES string of the molecule is CC(=O)N(CCNS(=O)(=O)c1ccc(F)c(C)c1)CCc1ccc(F)cc1. The van der Waals surface area contributed by atoms with Gasteiger partial charge >= 0.3 is 0 Å². The van der Waals surface area contributed by atoms with Gasteiger partial charge < -0.3 is 4.90 Å². The van der Waals surface area contributed by atoms with Crippen molar-refractivity contribution in [1.29, 1.82) is 0 Å². The van der Waals surface area contributed by atoms with Gasteiger partial charge in [0.2, 0.25) is 15.9 Å². The van der Waals surface area contributed by atoms with Crippen LogP contribution in [0.1, 0.15) is 18.1 Å². The number of amides is 1. The fraction of sp³-hybridized carbons (Fsp3) is 0.316. The van der Waals surface area contributed by atoms with E-state index in [1.165, 1.54) is 43.0 Å². The van der Waals surface area contributed by atoms with E-state index in [-0.39, 0.29) is 35.3 Å². The third-order valence-electron chi connectivity index (χ3n) is 4.14. The van der Waals surface area contributed by atoms with E-state index in [1.807, 2.05) is 0 Å². The van der Waals surface area contributed by atoms with Crippen molar-refractivity contribution in [3.05, 3.63) is 65.2 Å². The fourth-order valence-corrected chi connectivity index (χ4v) is 3.63. The molecule has 1 amide bonds. The van der Waals surface area contributed by atoms with Crippen LogP contribution in [0.25, 0.3) is 0 Å². The number of nitrogens with zero attached hydrogens (tertiary/aromatic N) is 1. The van der Waals surface area contributed by atoms with Crippen LogP contribution in [0.2, 0.25) is 0 Å². The number of carbonyl (C=O) groups is 1. The normalized spacial score (nSPS) is 11.4. The first-order valence-electron chi connectivity index (χ1n) is 8.45. The summed E-state index contributed by atoms with van der Waals surface area (Å²) in [6.07, 6.45) is 0.532. The second-order valence-electron chi connectivity index (χ2n) is 6.19. The van der Waals surface area contributed by atoms with E-state index in [0.717, 1.165) is 11.6 Å². The molecule has 0 aliphatic heterocycles. The molecule has 0 saturated carbocycles. The number of benzene rings is 2. The average Bonchev–Trinajstić information content (AvgIpc) is 2.61. The molecule has 2 rings (SSSR count). The molecule has 0 saturated heterocycles. The van der Waals surface area contributed by atoms with Crippen molar-refractivity contribution in [2.24, 2.45) is 0 Å². The molecule has 1 N–H and O–H groups in total. The highest BCUT2D eigenvalue weighted by Gasteiger charge is 2.16. The Balaban J connectivity index is 1.92. The van der Waals surface area contributed by atoms with Gasteiger partial charge in [-0.1, -0.05) is 12.1 Å². The van der Waals surface area contributed by atoms with Gasteiger partial charge in [-0.05, 0) is 54.8 Å². The summed E-state index contributed by atoms with van der Waals surface area (Å²) in [5, 5.41) is 0. The summed E-state index contributed by atoms with van der Waals surface area (Å²) >= 11 is 0. The maximum Gasteiger partial charge on any atom is 0.240 e. The lowest BCUT2D eigenvalue weighted by Crippen LogP contribution is -2.38. The summed E-state index contributed by atoms with van der Waals surface area (Å²) in [6.45, 7) is 3.50. The Bertz CT molecular complexity index is 900. The average molecular weight is 396 g/mol. The standard InChI is InChI=1S/C19H22F2N2O3S/c1-14-13-18(7-8-19(14)21)27(25,26)22-10-12-23(15(2)24)11-9-16-3-5-17(20)6-4-16/h3-8,13,22H,9-12H2,1-2H3. The molecule has 0 radical (unpaired) electrons. The molecule has 0 spiro atoms. The number of aryl methyl sites for hydroxylation is 1. The van der Waals surface area contributed by atoms with Crippen molar-refractivity contribution in [3.8, 4) is 0 Å². The highest BCUT2D eigenvalue weighted by molar-refractivity contribution is 7.89. The third kappa shape index (κ3) is 6.11. The summed E-state index contributed by atoms with van der Waals surface area (Å²) < 4.78 is 53.2. The van der Waals surface area contributed by atoms with Crippen LogP contribution in [-0.2, 0) is 21.2 Å². The molecule has 2 aromatic rings. The topological polar surface area (TPSA) is 66.5 Å². The van der Waals surface area contributed by atoms with Gasteiger partial charge in [-0.2, -0.15) is 0 Å². The highest BCUT2D eigenvalue weighted by Crippen LogP contribution is 2.14. The molecule has 0 unspecified atom stereocenters. The molecule has 2 aromatic carbocycles. The molecular formula is C19H22F2N2O3S. The third-order valence-corrected chi connectivity index (χ3v) is 5.60. The van der Waals surface area contributed by atoms with Crippen molar-refractivity contribution in [2.75, 3.05) is 19.6 Å². The van der Waals surface area contributed by atoms with Crippen molar-refractivity contribution in [1.82, 2.24) is 9.62 Å². The number of nitrogens with one attached hydrogen (secondary N) is 1. The van der Waals surface area contributed by atoms with Crippen LogP contribution >= 0.6 is 0 Å². The second kappa shape index (κ2) is 9.05. The maximum atomic E-state index is 13.3. The van der Waals surface area contributed by atoms with Crippen molar-refractivity contribution in [3.63, 3.8) is 0 Å². The zero-order valence-corrected chi connectivity index (χ0v) is 16.0. The lowest BCUT2D eigenvalue weighted by molar-refractivity contribution is -0.128. The van der Waals surface area contributed by atoms with Crippen molar-refractivity contribution < 1.29 is 22.0 Å². The number of halogens is 2.